The molecule has 7 heteroatoms. The molecule has 0 spiro atoms. The van der Waals surface area contributed by atoms with E-state index < -0.39 is 0 Å². The van der Waals surface area contributed by atoms with E-state index in [0.717, 1.165) is 28.4 Å². The number of halogens is 2. The fraction of sp³-hybridized carbons (Fsp3) is 0.167. The molecule has 5 nitrogen and oxygen atoms in total. The van der Waals surface area contributed by atoms with Crippen molar-refractivity contribution in [2.75, 3.05) is 7.11 Å². The number of nitrogens with two attached hydrogens (primary N) is 1. The van der Waals surface area contributed by atoms with Gasteiger partial charge in [-0.1, -0.05) is 11.6 Å². The lowest BCUT2D eigenvalue weighted by Crippen LogP contribution is -2.22. The largest absolute Gasteiger partial charge is 0.497 e. The Bertz CT molecular complexity index is 815. The fourth-order valence-corrected chi connectivity index (χ4v) is 2.58. The molecule has 1 heterocycles. The Kier molecular flexibility index (Phi) is 6.31. The summed E-state index contributed by atoms with van der Waals surface area (Å²) >= 11 is 6.13. The summed E-state index contributed by atoms with van der Waals surface area (Å²) in [6, 6.07) is 17.1. The minimum absolute atomic E-state index is 0. The predicted molar refractivity (Wildman–Crippen MR) is 102 cm³/mol. The van der Waals surface area contributed by atoms with Gasteiger partial charge < -0.3 is 9.47 Å². The van der Waals surface area contributed by atoms with Crippen molar-refractivity contribution in [1.29, 1.82) is 0 Å². The second-order valence-corrected chi connectivity index (χ2v) is 5.70. The van der Waals surface area contributed by atoms with Crippen molar-refractivity contribution in [2.24, 2.45) is 5.73 Å². The van der Waals surface area contributed by atoms with Crippen LogP contribution in [0.1, 0.15) is 6.92 Å². The number of rotatable bonds is 5. The molecule has 0 aliphatic heterocycles. The summed E-state index contributed by atoms with van der Waals surface area (Å²) < 4.78 is 12.5. The van der Waals surface area contributed by atoms with Crippen molar-refractivity contribution in [3.05, 3.63) is 59.8 Å². The van der Waals surface area contributed by atoms with Gasteiger partial charge in [0.05, 0.1) is 18.5 Å². The number of hydrogen-bond donors (Lipinski definition) is 1. The molecule has 0 aliphatic carbocycles. The van der Waals surface area contributed by atoms with Crippen LogP contribution in [0.3, 0.4) is 0 Å². The smallest absolute Gasteiger partial charge is 0.152 e. The van der Waals surface area contributed by atoms with Gasteiger partial charge in [-0.2, -0.15) is 5.10 Å². The monoisotopic (exact) mass is 379 g/mol. The lowest BCUT2D eigenvalue weighted by Gasteiger charge is -2.11. The number of methoxy groups -OCH3 is 1. The molecule has 2 N–H and O–H groups in total. The maximum atomic E-state index is 6.13. The standard InChI is InChI=1S/C18H18ClN3O2.ClH/c1-12(20)24-16-7-3-13(4-8-16)17-11-18(19)21-22(17)14-5-9-15(23-2)10-6-14;/h3-12H,20H2,1-2H3;1H. The summed E-state index contributed by atoms with van der Waals surface area (Å²) in [5, 5.41) is 4.80. The summed E-state index contributed by atoms with van der Waals surface area (Å²) in [5.74, 6) is 1.51. The molecule has 1 unspecified atom stereocenters. The van der Waals surface area contributed by atoms with Gasteiger partial charge >= 0.3 is 0 Å². The van der Waals surface area contributed by atoms with E-state index in [1.54, 1.807) is 18.7 Å². The van der Waals surface area contributed by atoms with Crippen LogP contribution in [0.15, 0.2) is 54.6 Å². The summed E-state index contributed by atoms with van der Waals surface area (Å²) in [4.78, 5) is 0. The van der Waals surface area contributed by atoms with Gasteiger partial charge in [-0.05, 0) is 55.5 Å². The topological polar surface area (TPSA) is 62.3 Å². The Balaban J connectivity index is 0.00000225. The Hall–Kier alpha value is -2.21. The molecule has 0 amide bonds. The summed E-state index contributed by atoms with van der Waals surface area (Å²) in [6.45, 7) is 1.78. The third-order valence-corrected chi connectivity index (χ3v) is 3.65. The predicted octanol–water partition coefficient (Wildman–Crippen LogP) is 4.31. The van der Waals surface area contributed by atoms with Gasteiger partial charge in [-0.3, -0.25) is 5.73 Å². The summed E-state index contributed by atoms with van der Waals surface area (Å²) in [6.07, 6.45) is -0.352. The third-order valence-electron chi connectivity index (χ3n) is 3.47. The molecule has 0 radical (unpaired) electrons. The van der Waals surface area contributed by atoms with E-state index in [0.29, 0.717) is 5.15 Å². The van der Waals surface area contributed by atoms with Gasteiger partial charge in [-0.25, -0.2) is 4.68 Å². The molecule has 0 aliphatic rings. The normalized spacial score (nSPS) is 11.5. The first-order chi connectivity index (χ1) is 11.6. The third kappa shape index (κ3) is 4.45. The SMILES string of the molecule is COc1ccc(-n2nc(Cl)cc2-c2ccc(OC(C)N)cc2)cc1.Cl. The highest BCUT2D eigenvalue weighted by Crippen LogP contribution is 2.28. The van der Waals surface area contributed by atoms with Crippen LogP contribution in [0.4, 0.5) is 0 Å². The van der Waals surface area contributed by atoms with E-state index >= 15 is 0 Å². The maximum Gasteiger partial charge on any atom is 0.152 e. The van der Waals surface area contributed by atoms with Crippen LogP contribution >= 0.6 is 24.0 Å². The minimum Gasteiger partial charge on any atom is -0.497 e. The molecular formula is C18H19Cl2N3O2. The highest BCUT2D eigenvalue weighted by atomic mass is 35.5. The van der Waals surface area contributed by atoms with Gasteiger partial charge in [-0.15, -0.1) is 12.4 Å². The molecule has 0 fully saturated rings. The Morgan fingerprint density at radius 3 is 2.20 bits per heavy atom. The van der Waals surface area contributed by atoms with Crippen LogP contribution in [-0.2, 0) is 0 Å². The molecule has 132 valence electrons. The number of aromatic nitrogens is 2. The van der Waals surface area contributed by atoms with Gasteiger partial charge in [0.25, 0.3) is 0 Å². The fourth-order valence-electron chi connectivity index (χ4n) is 2.40. The number of nitrogens with zero attached hydrogens (tertiary/aromatic N) is 2. The summed E-state index contributed by atoms with van der Waals surface area (Å²) in [7, 11) is 1.64. The zero-order valence-corrected chi connectivity index (χ0v) is 15.4. The minimum atomic E-state index is -0.352. The number of benzene rings is 2. The zero-order chi connectivity index (χ0) is 17.1. The zero-order valence-electron chi connectivity index (χ0n) is 13.8. The van der Waals surface area contributed by atoms with E-state index in [4.69, 9.17) is 26.8 Å². The highest BCUT2D eigenvalue weighted by molar-refractivity contribution is 6.29. The molecule has 0 saturated carbocycles. The van der Waals surface area contributed by atoms with E-state index in [2.05, 4.69) is 5.10 Å². The molecule has 0 saturated heterocycles. The maximum absolute atomic E-state index is 6.13. The molecule has 3 rings (SSSR count). The van der Waals surface area contributed by atoms with Crippen molar-refractivity contribution < 1.29 is 9.47 Å². The van der Waals surface area contributed by atoms with Gasteiger partial charge in [0.1, 0.15) is 17.7 Å². The molecule has 25 heavy (non-hydrogen) atoms. The first-order valence-corrected chi connectivity index (χ1v) is 7.87. The van der Waals surface area contributed by atoms with Crippen molar-refractivity contribution in [2.45, 2.75) is 13.2 Å². The van der Waals surface area contributed by atoms with E-state index in [-0.39, 0.29) is 18.6 Å². The van der Waals surface area contributed by atoms with Crippen molar-refractivity contribution in [3.8, 4) is 28.4 Å². The van der Waals surface area contributed by atoms with Crippen LogP contribution in [0.25, 0.3) is 16.9 Å². The molecule has 0 bridgehead atoms. The van der Waals surface area contributed by atoms with Gasteiger partial charge in [0.2, 0.25) is 0 Å². The van der Waals surface area contributed by atoms with E-state index in [1.165, 1.54) is 0 Å². The van der Waals surface area contributed by atoms with E-state index in [9.17, 15) is 0 Å². The molecule has 3 aromatic rings. The molecule has 2 aromatic carbocycles. The Morgan fingerprint density at radius 2 is 1.64 bits per heavy atom. The Morgan fingerprint density at radius 1 is 1.04 bits per heavy atom. The van der Waals surface area contributed by atoms with Crippen molar-refractivity contribution in [1.82, 2.24) is 9.78 Å². The first-order valence-electron chi connectivity index (χ1n) is 7.49. The lowest BCUT2D eigenvalue weighted by molar-refractivity contribution is 0.230. The lowest BCUT2D eigenvalue weighted by atomic mass is 10.1. The average molecular weight is 380 g/mol. The van der Waals surface area contributed by atoms with Crippen molar-refractivity contribution >= 4 is 24.0 Å². The van der Waals surface area contributed by atoms with Gasteiger partial charge in [0, 0.05) is 11.6 Å². The first kappa shape index (κ1) is 19.1. The van der Waals surface area contributed by atoms with Gasteiger partial charge in [0.15, 0.2) is 5.15 Å². The number of hydrogen-bond acceptors (Lipinski definition) is 4. The average Bonchev–Trinajstić information content (AvgIpc) is 2.97. The quantitative estimate of drug-likeness (QED) is 0.671. The van der Waals surface area contributed by atoms with Crippen LogP contribution in [0.5, 0.6) is 11.5 Å². The van der Waals surface area contributed by atoms with Crippen LogP contribution < -0.4 is 15.2 Å². The van der Waals surface area contributed by atoms with Crippen LogP contribution in [-0.4, -0.2) is 23.1 Å². The second-order valence-electron chi connectivity index (χ2n) is 5.31. The highest BCUT2D eigenvalue weighted by Gasteiger charge is 2.11. The number of ether oxygens (including phenoxy) is 2. The van der Waals surface area contributed by atoms with Crippen molar-refractivity contribution in [3.63, 3.8) is 0 Å². The summed E-state index contributed by atoms with van der Waals surface area (Å²) in [5.41, 5.74) is 8.39. The molecule has 1 atom stereocenters. The van der Waals surface area contributed by atoms with E-state index in [1.807, 2.05) is 54.6 Å². The Labute approximate surface area is 157 Å². The molecule has 1 aromatic heterocycles. The second kappa shape index (κ2) is 8.25. The van der Waals surface area contributed by atoms with Crippen LogP contribution in [0.2, 0.25) is 5.15 Å². The molecular weight excluding hydrogens is 361 g/mol. The van der Waals surface area contributed by atoms with Crippen LogP contribution in [0, 0.1) is 0 Å².